The van der Waals surface area contributed by atoms with Crippen molar-refractivity contribution in [2.45, 2.75) is 24.7 Å². The summed E-state index contributed by atoms with van der Waals surface area (Å²) in [5.41, 5.74) is -3.28. The Hall–Kier alpha value is -5.06. The van der Waals surface area contributed by atoms with Crippen LogP contribution in [0.25, 0.3) is 11.1 Å². The van der Waals surface area contributed by atoms with Gasteiger partial charge in [0.15, 0.2) is 0 Å². The minimum Gasteiger partial charge on any atom is -0.496 e. The van der Waals surface area contributed by atoms with E-state index in [1.165, 1.54) is 62.8 Å². The summed E-state index contributed by atoms with van der Waals surface area (Å²) in [5.74, 6) is 0.369. The maximum absolute atomic E-state index is 13.7. The third kappa shape index (κ3) is 8.98. The lowest BCUT2D eigenvalue weighted by molar-refractivity contribution is -0.138. The second-order valence-corrected chi connectivity index (χ2v) is 16.9. The molecule has 0 amide bonds. The van der Waals surface area contributed by atoms with Crippen molar-refractivity contribution in [3.8, 4) is 22.6 Å². The van der Waals surface area contributed by atoms with Crippen LogP contribution in [0, 0.1) is 0 Å². The number of methoxy groups -OCH3 is 2. The molecule has 2 nitrogen and oxygen atoms in total. The minimum absolute atomic E-state index is 0.185. The molecule has 0 fully saturated rings. The van der Waals surface area contributed by atoms with E-state index < -0.39 is 62.8 Å². The topological polar surface area (TPSA) is 18.5 Å². The van der Waals surface area contributed by atoms with Crippen molar-refractivity contribution >= 4 is 47.7 Å². The van der Waals surface area contributed by atoms with Gasteiger partial charge in [0, 0.05) is 11.1 Å². The molecular weight excluding hydrogens is 826 g/mol. The maximum atomic E-state index is 13.7. The highest BCUT2D eigenvalue weighted by atomic mass is 31.1. The van der Waals surface area contributed by atoms with E-state index in [1.807, 2.05) is 0 Å². The molecule has 6 aromatic rings. The van der Waals surface area contributed by atoms with Crippen LogP contribution in [0.1, 0.15) is 22.3 Å². The predicted molar refractivity (Wildman–Crippen MR) is 202 cm³/mol. The highest BCUT2D eigenvalue weighted by Crippen LogP contribution is 2.48. The number of hydrogen-bond donors (Lipinski definition) is 0. The van der Waals surface area contributed by atoms with Crippen LogP contribution < -0.4 is 41.3 Å². The van der Waals surface area contributed by atoms with E-state index in [0.29, 0.717) is 31.8 Å². The fourth-order valence-corrected chi connectivity index (χ4v) is 11.2. The van der Waals surface area contributed by atoms with Gasteiger partial charge >= 0.3 is 24.7 Å². The van der Waals surface area contributed by atoms with Gasteiger partial charge in [0.1, 0.15) is 11.5 Å². The Bertz CT molecular complexity index is 2070. The molecule has 0 saturated carbocycles. The first-order valence-corrected chi connectivity index (χ1v) is 19.5. The van der Waals surface area contributed by atoms with E-state index in [0.717, 1.165) is 48.5 Å². The van der Waals surface area contributed by atoms with Gasteiger partial charge in [-0.3, -0.25) is 0 Å². The van der Waals surface area contributed by atoms with Crippen molar-refractivity contribution in [1.29, 1.82) is 0 Å². The van der Waals surface area contributed by atoms with Gasteiger partial charge < -0.3 is 9.47 Å². The summed E-state index contributed by atoms with van der Waals surface area (Å²) in [5, 5.41) is 2.00. The van der Waals surface area contributed by atoms with E-state index in [-0.39, 0.29) is 22.6 Å². The first kappa shape index (κ1) is 42.5. The van der Waals surface area contributed by atoms with Crippen LogP contribution in [0.15, 0.2) is 133 Å². The van der Waals surface area contributed by atoms with E-state index in [2.05, 4.69) is 0 Å². The molecule has 16 heteroatoms. The van der Waals surface area contributed by atoms with E-state index in [9.17, 15) is 52.7 Å². The first-order chi connectivity index (χ1) is 27.2. The molecule has 0 heterocycles. The molecule has 0 aliphatic heterocycles. The molecule has 0 atom stereocenters. The highest BCUT2D eigenvalue weighted by molar-refractivity contribution is 7.80. The molecule has 0 N–H and O–H groups in total. The van der Waals surface area contributed by atoms with Crippen LogP contribution in [-0.4, -0.2) is 14.2 Å². The van der Waals surface area contributed by atoms with E-state index in [4.69, 9.17) is 9.47 Å². The molecular formula is C42H28F12O2P2. The van der Waals surface area contributed by atoms with Crippen molar-refractivity contribution in [2.75, 3.05) is 14.2 Å². The zero-order valence-corrected chi connectivity index (χ0v) is 31.7. The Morgan fingerprint density at radius 2 is 0.552 bits per heavy atom. The number of halogens is 12. The predicted octanol–water partition coefficient (Wildman–Crippen LogP) is 11.0. The smallest absolute Gasteiger partial charge is 0.416 e. The van der Waals surface area contributed by atoms with Crippen LogP contribution in [0.2, 0.25) is 0 Å². The Morgan fingerprint density at radius 1 is 0.328 bits per heavy atom. The lowest BCUT2D eigenvalue weighted by Gasteiger charge is -2.29. The number of rotatable bonds is 9. The third-order valence-corrected chi connectivity index (χ3v) is 14.0. The number of alkyl halides is 12. The molecule has 0 spiro atoms. The van der Waals surface area contributed by atoms with Crippen LogP contribution in [0.4, 0.5) is 52.7 Å². The maximum Gasteiger partial charge on any atom is 0.416 e. The molecule has 58 heavy (non-hydrogen) atoms. The number of hydrogen-bond acceptors (Lipinski definition) is 2. The van der Waals surface area contributed by atoms with Gasteiger partial charge in [-0.05, 0) is 108 Å². The second kappa shape index (κ2) is 16.3. The summed E-state index contributed by atoms with van der Waals surface area (Å²) in [6, 6.07) is 26.3. The second-order valence-electron chi connectivity index (χ2n) is 12.6. The normalized spacial score (nSPS) is 12.6. The van der Waals surface area contributed by atoms with Crippen LogP contribution in [-0.2, 0) is 24.7 Å². The van der Waals surface area contributed by atoms with E-state index >= 15 is 0 Å². The zero-order chi connectivity index (χ0) is 42.2. The summed E-state index contributed by atoms with van der Waals surface area (Å²) in [4.78, 5) is 0. The molecule has 0 aromatic heterocycles. The molecule has 302 valence electrons. The molecule has 0 unspecified atom stereocenters. The first-order valence-electron chi connectivity index (χ1n) is 16.9. The molecule has 0 radical (unpaired) electrons. The van der Waals surface area contributed by atoms with Gasteiger partial charge in [-0.1, -0.05) is 72.8 Å². The summed E-state index contributed by atoms with van der Waals surface area (Å²) >= 11 is 0. The third-order valence-electron chi connectivity index (χ3n) is 8.99. The largest absolute Gasteiger partial charge is 0.496 e. The molecule has 0 bridgehead atoms. The SMILES string of the molecule is COc1cccc(P(c2ccc(C(F)(F)F)cc2)c2ccc(C(F)(F)F)cc2)c1-c1c(OC)cccc1P(c1ccc(C(F)(F)F)cc1)c1ccc(C(F)(F)F)cc1. The lowest BCUT2D eigenvalue weighted by atomic mass is 10.0. The summed E-state index contributed by atoms with van der Waals surface area (Å²) < 4.78 is 176. The Morgan fingerprint density at radius 3 is 0.741 bits per heavy atom. The van der Waals surface area contributed by atoms with Gasteiger partial charge in [-0.15, -0.1) is 0 Å². The van der Waals surface area contributed by atoms with Crippen molar-refractivity contribution in [3.63, 3.8) is 0 Å². The molecule has 0 saturated heterocycles. The summed E-state index contributed by atoms with van der Waals surface area (Å²) in [6.45, 7) is 0. The highest BCUT2D eigenvalue weighted by Gasteiger charge is 2.36. The fourth-order valence-electron chi connectivity index (χ4n) is 6.31. The van der Waals surface area contributed by atoms with Gasteiger partial charge in [-0.25, -0.2) is 0 Å². The quantitative estimate of drug-likeness (QED) is 0.107. The Balaban J connectivity index is 1.67. The minimum atomic E-state index is -4.70. The van der Waals surface area contributed by atoms with Crippen molar-refractivity contribution in [2.24, 2.45) is 0 Å². The average Bonchev–Trinajstić information content (AvgIpc) is 3.17. The van der Waals surface area contributed by atoms with Crippen LogP contribution in [0.3, 0.4) is 0 Å². The van der Waals surface area contributed by atoms with Gasteiger partial charge in [0.05, 0.1) is 36.5 Å². The number of ether oxygens (including phenoxy) is 2. The molecule has 0 aliphatic rings. The van der Waals surface area contributed by atoms with E-state index in [1.54, 1.807) is 36.4 Å². The molecule has 6 aromatic carbocycles. The Kier molecular flexibility index (Phi) is 12.0. The van der Waals surface area contributed by atoms with Gasteiger partial charge in [0.25, 0.3) is 0 Å². The van der Waals surface area contributed by atoms with Gasteiger partial charge in [0.2, 0.25) is 0 Å². The van der Waals surface area contributed by atoms with Crippen molar-refractivity contribution < 1.29 is 62.2 Å². The van der Waals surface area contributed by atoms with Crippen molar-refractivity contribution in [1.82, 2.24) is 0 Å². The zero-order valence-electron chi connectivity index (χ0n) is 29.9. The number of benzene rings is 6. The molecule has 0 aliphatic carbocycles. The lowest BCUT2D eigenvalue weighted by Crippen LogP contribution is -2.27. The summed E-state index contributed by atoms with van der Waals surface area (Å²) in [6.07, 6.45) is -18.8. The fraction of sp³-hybridized carbons (Fsp3) is 0.143. The van der Waals surface area contributed by atoms with Crippen molar-refractivity contribution in [3.05, 3.63) is 156 Å². The molecule has 6 rings (SSSR count). The van der Waals surface area contributed by atoms with Crippen LogP contribution in [0.5, 0.6) is 11.5 Å². The Labute approximate surface area is 326 Å². The average molecular weight is 855 g/mol. The summed E-state index contributed by atoms with van der Waals surface area (Å²) in [7, 11) is -1.35. The van der Waals surface area contributed by atoms with Gasteiger partial charge in [-0.2, -0.15) is 52.7 Å². The standard InChI is InChI=1S/C42H28F12O2P2/c1-55-33-5-3-7-35(57(29-17-9-25(10-18-29)39(43,44)45)30-19-11-26(12-20-30)40(46,47)48)37(33)38-34(56-2)6-4-8-36(38)58(31-21-13-27(14-22-31)41(49,50)51)32-23-15-28(16-24-32)42(52,53)54/h3-24H,1-2H3. The monoisotopic (exact) mass is 854 g/mol. The van der Waals surface area contributed by atoms with Crippen LogP contribution >= 0.6 is 15.8 Å².